The lowest BCUT2D eigenvalue weighted by Crippen LogP contribution is -2.53. The van der Waals surface area contributed by atoms with Gasteiger partial charge in [0.25, 0.3) is 5.91 Å². The summed E-state index contributed by atoms with van der Waals surface area (Å²) in [5, 5.41) is 5.37. The van der Waals surface area contributed by atoms with Gasteiger partial charge in [-0.15, -0.1) is 0 Å². The molecule has 0 spiro atoms. The zero-order valence-electron chi connectivity index (χ0n) is 21.2. The van der Waals surface area contributed by atoms with Crippen LogP contribution < -0.4 is 10.6 Å². The third kappa shape index (κ3) is 5.28. The highest BCUT2D eigenvalue weighted by Crippen LogP contribution is 2.30. The van der Waals surface area contributed by atoms with E-state index in [1.165, 1.54) is 23.5 Å². The molecule has 3 aromatic rings. The van der Waals surface area contributed by atoms with Crippen molar-refractivity contribution in [2.24, 2.45) is 5.41 Å². The molecule has 1 aliphatic heterocycles. The lowest BCUT2D eigenvalue weighted by molar-refractivity contribution is -0.124. The lowest BCUT2D eigenvalue weighted by Gasteiger charge is -2.30. The van der Waals surface area contributed by atoms with Crippen molar-refractivity contribution in [2.75, 3.05) is 13.6 Å². The number of aromatic nitrogens is 2. The van der Waals surface area contributed by atoms with Crippen LogP contribution in [0.25, 0.3) is 11.4 Å². The minimum atomic E-state index is -3.95. The van der Waals surface area contributed by atoms with Crippen LogP contribution in [0.1, 0.15) is 37.0 Å². The number of carbonyl (C=O) groups is 2. The summed E-state index contributed by atoms with van der Waals surface area (Å²) in [5.41, 5.74) is 0.653. The number of carbonyl (C=O) groups excluding carboxylic acids is 2. The molecule has 9 nitrogen and oxygen atoms in total. The Morgan fingerprint density at radius 1 is 1.03 bits per heavy atom. The summed E-state index contributed by atoms with van der Waals surface area (Å²) < 4.78 is 43.1. The van der Waals surface area contributed by atoms with Gasteiger partial charge in [0.2, 0.25) is 15.9 Å². The number of hydrogen-bond donors (Lipinski definition) is 2. The van der Waals surface area contributed by atoms with Gasteiger partial charge in [-0.2, -0.15) is 4.31 Å². The number of rotatable bonds is 6. The van der Waals surface area contributed by atoms with Crippen LogP contribution in [0.5, 0.6) is 0 Å². The molecular formula is C26H30FN5O4S. The number of likely N-dealkylation sites (N-methyl/N-ethyl adjacent to an activating group) is 1. The van der Waals surface area contributed by atoms with Gasteiger partial charge in [0.1, 0.15) is 17.7 Å². The quantitative estimate of drug-likeness (QED) is 0.512. The van der Waals surface area contributed by atoms with Crippen molar-refractivity contribution in [2.45, 2.75) is 44.8 Å². The van der Waals surface area contributed by atoms with Crippen LogP contribution in [0.2, 0.25) is 0 Å². The number of nitrogens with one attached hydrogen (secondary N) is 2. The van der Waals surface area contributed by atoms with Crippen molar-refractivity contribution in [3.63, 3.8) is 0 Å². The Kier molecular flexibility index (Phi) is 7.20. The number of benzene rings is 2. The lowest BCUT2D eigenvalue weighted by atomic mass is 9.86. The van der Waals surface area contributed by atoms with E-state index in [-0.39, 0.29) is 36.1 Å². The van der Waals surface area contributed by atoms with Crippen LogP contribution in [0.15, 0.2) is 59.5 Å². The van der Waals surface area contributed by atoms with Crippen LogP contribution in [-0.4, -0.2) is 53.7 Å². The van der Waals surface area contributed by atoms with Gasteiger partial charge < -0.3 is 15.2 Å². The maximum absolute atomic E-state index is 13.5. The number of fused-ring (bicyclic) bond motifs is 1. The summed E-state index contributed by atoms with van der Waals surface area (Å²) >= 11 is 0. The third-order valence-electron chi connectivity index (χ3n) is 6.32. The number of nitrogens with zero attached hydrogens (tertiary/aromatic N) is 3. The first-order valence-corrected chi connectivity index (χ1v) is 13.3. The average molecular weight is 528 g/mol. The zero-order valence-corrected chi connectivity index (χ0v) is 22.0. The van der Waals surface area contributed by atoms with Crippen LogP contribution >= 0.6 is 0 Å². The van der Waals surface area contributed by atoms with Gasteiger partial charge in [0.05, 0.1) is 17.1 Å². The van der Waals surface area contributed by atoms with E-state index in [4.69, 9.17) is 0 Å². The predicted molar refractivity (Wildman–Crippen MR) is 136 cm³/mol. The molecule has 0 aliphatic carbocycles. The summed E-state index contributed by atoms with van der Waals surface area (Å²) in [7, 11) is -2.46. The molecule has 1 atom stereocenters. The summed E-state index contributed by atoms with van der Waals surface area (Å²) in [5.74, 6) is -0.924. The summed E-state index contributed by atoms with van der Waals surface area (Å²) in [6, 6.07) is 13.1. The van der Waals surface area contributed by atoms with E-state index < -0.39 is 33.2 Å². The molecule has 0 bridgehead atoms. The summed E-state index contributed by atoms with van der Waals surface area (Å²) in [4.78, 5) is 30.7. The number of sulfonamides is 1. The molecule has 11 heteroatoms. The normalized spacial score (nSPS) is 15.1. The maximum atomic E-state index is 13.5. The Balaban J connectivity index is 1.76. The first kappa shape index (κ1) is 26.5. The van der Waals surface area contributed by atoms with Crippen molar-refractivity contribution in [1.29, 1.82) is 0 Å². The zero-order chi connectivity index (χ0) is 27.0. The molecule has 1 aliphatic rings. The van der Waals surface area contributed by atoms with Crippen LogP contribution in [0.3, 0.4) is 0 Å². The molecule has 2 aromatic carbocycles. The van der Waals surface area contributed by atoms with Gasteiger partial charge in [-0.1, -0.05) is 51.1 Å². The second kappa shape index (κ2) is 10.1. The first-order chi connectivity index (χ1) is 17.4. The summed E-state index contributed by atoms with van der Waals surface area (Å²) in [6.45, 7) is 5.81. The molecule has 2 N–H and O–H groups in total. The van der Waals surface area contributed by atoms with Crippen LogP contribution in [-0.2, 0) is 27.9 Å². The minimum absolute atomic E-state index is 0.0384. The van der Waals surface area contributed by atoms with Crippen LogP contribution in [0.4, 0.5) is 4.39 Å². The Morgan fingerprint density at radius 2 is 1.68 bits per heavy atom. The van der Waals surface area contributed by atoms with Crippen molar-refractivity contribution in [3.8, 4) is 11.4 Å². The molecule has 2 amide bonds. The molecule has 1 unspecified atom stereocenters. The Bertz CT molecular complexity index is 1410. The van der Waals surface area contributed by atoms with E-state index in [0.717, 1.165) is 17.7 Å². The van der Waals surface area contributed by atoms with Gasteiger partial charge in [-0.3, -0.25) is 9.59 Å². The Hall–Kier alpha value is -3.57. The molecule has 1 aromatic heterocycles. The van der Waals surface area contributed by atoms with Crippen molar-refractivity contribution >= 4 is 21.8 Å². The van der Waals surface area contributed by atoms with Gasteiger partial charge in [-0.05, 0) is 29.7 Å². The summed E-state index contributed by atoms with van der Waals surface area (Å²) in [6.07, 6.45) is 0. The topological polar surface area (TPSA) is 113 Å². The smallest absolute Gasteiger partial charge is 0.272 e. The van der Waals surface area contributed by atoms with E-state index in [9.17, 15) is 22.4 Å². The molecular weight excluding hydrogens is 497 g/mol. The monoisotopic (exact) mass is 527 g/mol. The van der Waals surface area contributed by atoms with E-state index in [2.05, 4.69) is 15.6 Å². The van der Waals surface area contributed by atoms with Crippen molar-refractivity contribution < 1.29 is 22.4 Å². The fourth-order valence-electron chi connectivity index (χ4n) is 4.31. The molecule has 0 radical (unpaired) electrons. The van der Waals surface area contributed by atoms with E-state index in [0.29, 0.717) is 11.5 Å². The Morgan fingerprint density at radius 3 is 2.27 bits per heavy atom. The molecule has 2 heterocycles. The van der Waals surface area contributed by atoms with Gasteiger partial charge in [0.15, 0.2) is 5.69 Å². The van der Waals surface area contributed by atoms with Crippen molar-refractivity contribution in [1.82, 2.24) is 24.5 Å². The molecule has 196 valence electrons. The van der Waals surface area contributed by atoms with E-state index in [1.807, 2.05) is 55.7 Å². The largest absolute Gasteiger partial charge is 0.357 e. The number of halogens is 1. The van der Waals surface area contributed by atoms with Gasteiger partial charge in [0, 0.05) is 25.7 Å². The Labute approximate surface area is 215 Å². The molecule has 37 heavy (non-hydrogen) atoms. The number of amides is 2. The highest BCUT2D eigenvalue weighted by atomic mass is 32.2. The minimum Gasteiger partial charge on any atom is -0.357 e. The maximum Gasteiger partial charge on any atom is 0.272 e. The SMILES string of the molecule is CNC(=O)C(NC(=O)c1nc(-c2ccccc2)n2c1CN(S(=O)(=O)c1ccc(F)cc1)CC2)C(C)(C)C. The predicted octanol–water partition coefficient (Wildman–Crippen LogP) is 2.78. The van der Waals surface area contributed by atoms with Crippen molar-refractivity contribution in [3.05, 3.63) is 71.8 Å². The molecule has 0 saturated heterocycles. The fraction of sp³-hybridized carbons (Fsp3) is 0.346. The number of imidazole rings is 1. The highest BCUT2D eigenvalue weighted by Gasteiger charge is 2.37. The molecule has 4 rings (SSSR count). The van der Waals surface area contributed by atoms with E-state index in [1.54, 1.807) is 0 Å². The molecule has 0 saturated carbocycles. The van der Waals surface area contributed by atoms with E-state index >= 15 is 0 Å². The first-order valence-electron chi connectivity index (χ1n) is 11.9. The third-order valence-corrected chi connectivity index (χ3v) is 8.18. The van der Waals surface area contributed by atoms with Gasteiger partial charge in [-0.25, -0.2) is 17.8 Å². The van der Waals surface area contributed by atoms with Gasteiger partial charge >= 0.3 is 0 Å². The molecule has 0 fully saturated rings. The fourth-order valence-corrected chi connectivity index (χ4v) is 5.71. The standard InChI is InChI=1S/C26H30FN5O4S/c1-26(2,3)22(25(34)28-4)30-24(33)21-20-16-31(37(35,36)19-12-10-18(27)11-13-19)14-15-32(20)23(29-21)17-8-6-5-7-9-17/h5-13,22H,14-16H2,1-4H3,(H,28,34)(H,30,33). The second-order valence-corrected chi connectivity index (χ2v) is 11.9. The average Bonchev–Trinajstić information content (AvgIpc) is 3.26. The number of hydrogen-bond acceptors (Lipinski definition) is 5. The highest BCUT2D eigenvalue weighted by molar-refractivity contribution is 7.89. The second-order valence-electron chi connectivity index (χ2n) is 9.93. The van der Waals surface area contributed by atoms with Crippen LogP contribution in [0, 0.1) is 11.2 Å².